The number of benzene rings is 1. The van der Waals surface area contributed by atoms with Gasteiger partial charge in [-0.2, -0.15) is 0 Å². The second-order valence-corrected chi connectivity index (χ2v) is 5.88. The highest BCUT2D eigenvalue weighted by Gasteiger charge is 2.43. The van der Waals surface area contributed by atoms with Crippen molar-refractivity contribution in [3.63, 3.8) is 0 Å². The Bertz CT molecular complexity index is 525. The van der Waals surface area contributed by atoms with Crippen LogP contribution in [0, 0.1) is 11.8 Å². The molecule has 1 N–H and O–H groups in total. The van der Waals surface area contributed by atoms with Gasteiger partial charge in [-0.15, -0.1) is 0 Å². The SMILES string of the molecule is O=C1CC(C2CCC2)C(c2ccccc2Cl)C(=O)N1. The van der Waals surface area contributed by atoms with E-state index in [1.165, 1.54) is 6.42 Å². The minimum atomic E-state index is -0.281. The van der Waals surface area contributed by atoms with Crippen LogP contribution in [0.2, 0.25) is 5.02 Å². The Morgan fingerprint density at radius 2 is 1.89 bits per heavy atom. The van der Waals surface area contributed by atoms with Crippen LogP contribution in [-0.4, -0.2) is 11.8 Å². The van der Waals surface area contributed by atoms with Crippen molar-refractivity contribution in [3.8, 4) is 0 Å². The lowest BCUT2D eigenvalue weighted by Crippen LogP contribution is -2.47. The molecule has 4 heteroatoms. The molecule has 2 amide bonds. The fourth-order valence-corrected chi connectivity index (χ4v) is 3.45. The Hall–Kier alpha value is -1.35. The van der Waals surface area contributed by atoms with E-state index in [0.717, 1.165) is 18.4 Å². The molecule has 3 nitrogen and oxygen atoms in total. The molecule has 1 aliphatic heterocycles. The van der Waals surface area contributed by atoms with Crippen molar-refractivity contribution in [1.82, 2.24) is 5.32 Å². The molecule has 2 aliphatic rings. The van der Waals surface area contributed by atoms with E-state index in [2.05, 4.69) is 5.32 Å². The Labute approximate surface area is 117 Å². The molecule has 3 rings (SSSR count). The van der Waals surface area contributed by atoms with Gasteiger partial charge in [-0.1, -0.05) is 49.1 Å². The molecule has 0 radical (unpaired) electrons. The van der Waals surface area contributed by atoms with Gasteiger partial charge in [0.25, 0.3) is 0 Å². The standard InChI is InChI=1S/C15H16ClNO2/c16-12-7-2-1-6-10(12)14-11(9-4-3-5-9)8-13(18)17-15(14)19/h1-2,6-7,9,11,14H,3-5,8H2,(H,17,18,19). The molecule has 2 unspecified atom stereocenters. The van der Waals surface area contributed by atoms with Gasteiger partial charge in [0, 0.05) is 11.4 Å². The Morgan fingerprint density at radius 1 is 1.16 bits per heavy atom. The van der Waals surface area contributed by atoms with Gasteiger partial charge >= 0.3 is 0 Å². The zero-order chi connectivity index (χ0) is 13.4. The highest BCUT2D eigenvalue weighted by Crippen LogP contribution is 2.45. The van der Waals surface area contributed by atoms with Crippen molar-refractivity contribution >= 4 is 23.4 Å². The smallest absolute Gasteiger partial charge is 0.234 e. The summed E-state index contributed by atoms with van der Waals surface area (Å²) in [5.74, 6) is -0.0330. The zero-order valence-corrected chi connectivity index (χ0v) is 11.3. The summed E-state index contributed by atoms with van der Waals surface area (Å²) in [6.07, 6.45) is 3.87. The Morgan fingerprint density at radius 3 is 2.53 bits per heavy atom. The van der Waals surface area contributed by atoms with Crippen LogP contribution >= 0.6 is 11.6 Å². The van der Waals surface area contributed by atoms with Crippen molar-refractivity contribution in [3.05, 3.63) is 34.9 Å². The minimum Gasteiger partial charge on any atom is -0.296 e. The van der Waals surface area contributed by atoms with Gasteiger partial charge in [0.05, 0.1) is 5.92 Å². The number of amides is 2. The lowest BCUT2D eigenvalue weighted by Gasteiger charge is -2.40. The predicted octanol–water partition coefficient (Wildman–Crippen LogP) is 2.89. The van der Waals surface area contributed by atoms with Crippen LogP contribution in [0.25, 0.3) is 0 Å². The number of imide groups is 1. The molecule has 1 aromatic carbocycles. The molecule has 2 fully saturated rings. The number of carbonyl (C=O) groups is 2. The molecule has 1 heterocycles. The average molecular weight is 278 g/mol. The van der Waals surface area contributed by atoms with Gasteiger partial charge in [-0.05, 0) is 23.5 Å². The number of hydrogen-bond donors (Lipinski definition) is 1. The first-order valence-corrected chi connectivity index (χ1v) is 7.12. The molecular weight excluding hydrogens is 262 g/mol. The van der Waals surface area contributed by atoms with E-state index < -0.39 is 0 Å². The summed E-state index contributed by atoms with van der Waals surface area (Å²) < 4.78 is 0. The number of nitrogens with one attached hydrogen (secondary N) is 1. The van der Waals surface area contributed by atoms with E-state index in [0.29, 0.717) is 17.4 Å². The highest BCUT2D eigenvalue weighted by molar-refractivity contribution is 6.31. The van der Waals surface area contributed by atoms with Gasteiger partial charge in [0.15, 0.2) is 0 Å². The summed E-state index contributed by atoms with van der Waals surface area (Å²) in [5, 5.41) is 3.06. The van der Waals surface area contributed by atoms with Crippen LogP contribution in [-0.2, 0) is 9.59 Å². The normalized spacial score (nSPS) is 27.8. The minimum absolute atomic E-state index is 0.106. The maximum atomic E-state index is 12.2. The van der Waals surface area contributed by atoms with Crippen LogP contribution < -0.4 is 5.32 Å². The fraction of sp³-hybridized carbons (Fsp3) is 0.467. The number of hydrogen-bond acceptors (Lipinski definition) is 2. The largest absolute Gasteiger partial charge is 0.296 e. The molecular formula is C15H16ClNO2. The van der Waals surface area contributed by atoms with Crippen molar-refractivity contribution in [2.24, 2.45) is 11.8 Å². The number of piperidine rings is 1. The molecule has 1 aromatic rings. The topological polar surface area (TPSA) is 46.2 Å². The van der Waals surface area contributed by atoms with Gasteiger partial charge in [-0.25, -0.2) is 0 Å². The van der Waals surface area contributed by atoms with Crippen molar-refractivity contribution in [1.29, 1.82) is 0 Å². The van der Waals surface area contributed by atoms with E-state index in [1.54, 1.807) is 6.07 Å². The van der Waals surface area contributed by atoms with E-state index in [4.69, 9.17) is 11.6 Å². The summed E-state index contributed by atoms with van der Waals surface area (Å²) in [6.45, 7) is 0. The van der Waals surface area contributed by atoms with Crippen LogP contribution in [0.5, 0.6) is 0 Å². The Balaban J connectivity index is 1.97. The van der Waals surface area contributed by atoms with Gasteiger partial charge < -0.3 is 0 Å². The van der Waals surface area contributed by atoms with E-state index >= 15 is 0 Å². The summed E-state index contributed by atoms with van der Waals surface area (Å²) >= 11 is 6.23. The van der Waals surface area contributed by atoms with Crippen LogP contribution in [0.4, 0.5) is 0 Å². The van der Waals surface area contributed by atoms with E-state index in [-0.39, 0.29) is 23.7 Å². The average Bonchev–Trinajstić information content (AvgIpc) is 2.28. The molecule has 2 atom stereocenters. The molecule has 100 valence electrons. The predicted molar refractivity (Wildman–Crippen MR) is 72.8 cm³/mol. The third kappa shape index (κ3) is 2.27. The molecule has 0 bridgehead atoms. The monoisotopic (exact) mass is 277 g/mol. The zero-order valence-electron chi connectivity index (χ0n) is 10.6. The second-order valence-electron chi connectivity index (χ2n) is 5.47. The van der Waals surface area contributed by atoms with Crippen LogP contribution in [0.1, 0.15) is 37.2 Å². The van der Waals surface area contributed by atoms with Crippen molar-refractivity contribution in [2.45, 2.75) is 31.6 Å². The fourth-order valence-electron chi connectivity index (χ4n) is 3.20. The summed E-state index contributed by atoms with van der Waals surface area (Å²) in [7, 11) is 0. The molecule has 0 spiro atoms. The number of halogens is 1. The summed E-state index contributed by atoms with van der Waals surface area (Å²) in [5.41, 5.74) is 0.853. The molecule has 1 saturated heterocycles. The Kier molecular flexibility index (Phi) is 3.31. The van der Waals surface area contributed by atoms with E-state index in [1.807, 2.05) is 18.2 Å². The maximum absolute atomic E-state index is 12.2. The number of carbonyl (C=O) groups excluding carboxylic acids is 2. The number of rotatable bonds is 2. The second kappa shape index (κ2) is 4.97. The summed E-state index contributed by atoms with van der Waals surface area (Å²) in [4.78, 5) is 23.8. The molecule has 1 aliphatic carbocycles. The van der Waals surface area contributed by atoms with Crippen LogP contribution in [0.3, 0.4) is 0 Å². The van der Waals surface area contributed by atoms with Crippen LogP contribution in [0.15, 0.2) is 24.3 Å². The van der Waals surface area contributed by atoms with Crippen molar-refractivity contribution < 1.29 is 9.59 Å². The summed E-state index contributed by atoms with van der Waals surface area (Å²) in [6, 6.07) is 7.45. The van der Waals surface area contributed by atoms with Gasteiger partial charge in [-0.3, -0.25) is 14.9 Å². The first-order valence-electron chi connectivity index (χ1n) is 6.75. The first kappa shape index (κ1) is 12.7. The van der Waals surface area contributed by atoms with Crippen molar-refractivity contribution in [2.75, 3.05) is 0 Å². The molecule has 0 aromatic heterocycles. The molecule has 1 saturated carbocycles. The third-order valence-electron chi connectivity index (χ3n) is 4.39. The lowest BCUT2D eigenvalue weighted by molar-refractivity contribution is -0.138. The quantitative estimate of drug-likeness (QED) is 0.845. The maximum Gasteiger partial charge on any atom is 0.234 e. The van der Waals surface area contributed by atoms with E-state index in [9.17, 15) is 9.59 Å². The third-order valence-corrected chi connectivity index (χ3v) is 4.73. The highest BCUT2D eigenvalue weighted by atomic mass is 35.5. The first-order chi connectivity index (χ1) is 9.16. The molecule has 19 heavy (non-hydrogen) atoms. The van der Waals surface area contributed by atoms with Gasteiger partial charge in [0.1, 0.15) is 0 Å². The van der Waals surface area contributed by atoms with Gasteiger partial charge in [0.2, 0.25) is 11.8 Å². The lowest BCUT2D eigenvalue weighted by atomic mass is 9.66.